The van der Waals surface area contributed by atoms with Gasteiger partial charge in [-0.05, 0) is 31.0 Å². The maximum Gasteiger partial charge on any atom is 0.315 e. The van der Waals surface area contributed by atoms with Crippen LogP contribution in [-0.4, -0.2) is 28.6 Å². The quantitative estimate of drug-likeness (QED) is 0.727. The molecule has 2 unspecified atom stereocenters. The highest BCUT2D eigenvalue weighted by Gasteiger charge is 2.16. The number of nitrogens with one attached hydrogen (secondary N) is 2. The third-order valence-electron chi connectivity index (χ3n) is 2.90. The molecule has 0 saturated heterocycles. The van der Waals surface area contributed by atoms with Gasteiger partial charge in [-0.3, -0.25) is 9.78 Å². The molecule has 104 valence electrons. The van der Waals surface area contributed by atoms with Crippen molar-refractivity contribution in [2.24, 2.45) is 5.92 Å². The van der Waals surface area contributed by atoms with E-state index in [0.717, 1.165) is 5.56 Å². The fraction of sp³-hybridized carbons (Fsp3) is 0.462. The van der Waals surface area contributed by atoms with Crippen LogP contribution < -0.4 is 10.6 Å². The summed E-state index contributed by atoms with van der Waals surface area (Å²) in [6, 6.07) is 3.10. The summed E-state index contributed by atoms with van der Waals surface area (Å²) < 4.78 is 0. The zero-order valence-corrected chi connectivity index (χ0v) is 11.1. The maximum absolute atomic E-state index is 11.6. The first-order chi connectivity index (χ1) is 9.04. The molecule has 2 amide bonds. The Morgan fingerprint density at radius 2 is 2.00 bits per heavy atom. The third kappa shape index (κ3) is 4.95. The van der Waals surface area contributed by atoms with Crippen molar-refractivity contribution in [2.45, 2.75) is 26.3 Å². The minimum atomic E-state index is -0.898. The number of pyridine rings is 1. The molecule has 2 atom stereocenters. The van der Waals surface area contributed by atoms with Crippen LogP contribution in [0.4, 0.5) is 4.79 Å². The van der Waals surface area contributed by atoms with E-state index in [-0.39, 0.29) is 18.6 Å². The lowest BCUT2D eigenvalue weighted by molar-refractivity contribution is -0.141. The molecule has 0 aliphatic heterocycles. The molecule has 0 aliphatic rings. The first-order valence-corrected chi connectivity index (χ1v) is 6.21. The van der Waals surface area contributed by atoms with Crippen molar-refractivity contribution in [1.82, 2.24) is 15.6 Å². The number of hydrogen-bond donors (Lipinski definition) is 3. The Kier molecular flexibility index (Phi) is 5.78. The van der Waals surface area contributed by atoms with E-state index in [2.05, 4.69) is 15.6 Å². The molecule has 0 aromatic carbocycles. The lowest BCUT2D eigenvalue weighted by Gasteiger charge is -2.16. The zero-order chi connectivity index (χ0) is 14.3. The van der Waals surface area contributed by atoms with Crippen molar-refractivity contribution in [3.05, 3.63) is 30.1 Å². The molecule has 1 rings (SSSR count). The monoisotopic (exact) mass is 265 g/mol. The van der Waals surface area contributed by atoms with E-state index in [0.29, 0.717) is 6.42 Å². The molecule has 6 nitrogen and oxygen atoms in total. The van der Waals surface area contributed by atoms with E-state index in [1.165, 1.54) is 0 Å². The van der Waals surface area contributed by atoms with Crippen LogP contribution in [0.15, 0.2) is 24.5 Å². The third-order valence-corrected chi connectivity index (χ3v) is 2.90. The number of amides is 2. The molecule has 0 radical (unpaired) electrons. The molecule has 3 N–H and O–H groups in total. The van der Waals surface area contributed by atoms with Crippen LogP contribution in [0.1, 0.15) is 31.9 Å². The highest BCUT2D eigenvalue weighted by molar-refractivity contribution is 5.76. The van der Waals surface area contributed by atoms with Crippen molar-refractivity contribution < 1.29 is 14.7 Å². The normalized spacial score (nSPS) is 13.4. The van der Waals surface area contributed by atoms with Gasteiger partial charge in [0, 0.05) is 18.9 Å². The van der Waals surface area contributed by atoms with Gasteiger partial charge in [-0.1, -0.05) is 6.92 Å². The molecule has 1 heterocycles. The SMILES string of the molecule is CCC(CNC(=O)NC(C)c1ccncc1)C(=O)O. The second-order valence-corrected chi connectivity index (χ2v) is 4.30. The van der Waals surface area contributed by atoms with Gasteiger partial charge in [-0.25, -0.2) is 4.79 Å². The summed E-state index contributed by atoms with van der Waals surface area (Å²) in [4.78, 5) is 26.4. The predicted molar refractivity (Wildman–Crippen MR) is 70.6 cm³/mol. The van der Waals surface area contributed by atoms with E-state index in [1.54, 1.807) is 19.3 Å². The van der Waals surface area contributed by atoms with Crippen LogP contribution in [0.5, 0.6) is 0 Å². The van der Waals surface area contributed by atoms with Gasteiger partial charge in [0.05, 0.1) is 12.0 Å². The Balaban J connectivity index is 2.41. The number of rotatable bonds is 6. The van der Waals surface area contributed by atoms with E-state index in [9.17, 15) is 9.59 Å². The molecule has 0 bridgehead atoms. The summed E-state index contributed by atoms with van der Waals surface area (Å²) >= 11 is 0. The lowest BCUT2D eigenvalue weighted by atomic mass is 10.1. The summed E-state index contributed by atoms with van der Waals surface area (Å²) in [7, 11) is 0. The van der Waals surface area contributed by atoms with Crippen LogP contribution >= 0.6 is 0 Å². The van der Waals surface area contributed by atoms with Crippen LogP contribution in [0.2, 0.25) is 0 Å². The number of aliphatic carboxylic acids is 1. The van der Waals surface area contributed by atoms with Gasteiger partial charge in [0.1, 0.15) is 0 Å². The van der Waals surface area contributed by atoms with Crippen molar-refractivity contribution in [3.63, 3.8) is 0 Å². The average molecular weight is 265 g/mol. The Morgan fingerprint density at radius 1 is 1.37 bits per heavy atom. The number of carboxylic acids is 1. The van der Waals surface area contributed by atoms with Gasteiger partial charge in [0.15, 0.2) is 0 Å². The number of nitrogens with zero attached hydrogens (tertiary/aromatic N) is 1. The molecule has 0 spiro atoms. The highest BCUT2D eigenvalue weighted by atomic mass is 16.4. The first kappa shape index (κ1) is 14.9. The highest BCUT2D eigenvalue weighted by Crippen LogP contribution is 2.09. The maximum atomic E-state index is 11.6. The number of aromatic nitrogens is 1. The van der Waals surface area contributed by atoms with Crippen molar-refractivity contribution in [3.8, 4) is 0 Å². The predicted octanol–water partition coefficient (Wildman–Crippen LogP) is 1.55. The van der Waals surface area contributed by atoms with Gasteiger partial charge in [0.2, 0.25) is 0 Å². The number of hydrogen-bond acceptors (Lipinski definition) is 3. The Hall–Kier alpha value is -2.11. The molecular formula is C13H19N3O3. The number of carbonyl (C=O) groups excluding carboxylic acids is 1. The van der Waals surface area contributed by atoms with E-state index < -0.39 is 11.9 Å². The molecule has 0 saturated carbocycles. The van der Waals surface area contributed by atoms with Crippen molar-refractivity contribution >= 4 is 12.0 Å². The first-order valence-electron chi connectivity index (χ1n) is 6.21. The summed E-state index contributed by atoms with van der Waals surface area (Å²) in [5.74, 6) is -1.45. The summed E-state index contributed by atoms with van der Waals surface area (Å²) in [5.41, 5.74) is 0.940. The second kappa shape index (κ2) is 7.35. The Morgan fingerprint density at radius 3 is 2.53 bits per heavy atom. The van der Waals surface area contributed by atoms with Crippen LogP contribution in [0.3, 0.4) is 0 Å². The smallest absolute Gasteiger partial charge is 0.315 e. The van der Waals surface area contributed by atoms with Crippen LogP contribution in [0.25, 0.3) is 0 Å². The largest absolute Gasteiger partial charge is 0.481 e. The standard InChI is InChI=1S/C13H19N3O3/c1-3-10(12(17)18)8-15-13(19)16-9(2)11-4-6-14-7-5-11/h4-7,9-10H,3,8H2,1-2H3,(H,17,18)(H2,15,16,19). The molecule has 1 aromatic heterocycles. The van der Waals surface area contributed by atoms with Gasteiger partial charge in [-0.2, -0.15) is 0 Å². The average Bonchev–Trinajstić information content (AvgIpc) is 2.40. The van der Waals surface area contributed by atoms with E-state index >= 15 is 0 Å². The minimum Gasteiger partial charge on any atom is -0.481 e. The topological polar surface area (TPSA) is 91.3 Å². The summed E-state index contributed by atoms with van der Waals surface area (Å²) in [5, 5.41) is 14.2. The molecular weight excluding hydrogens is 246 g/mol. The summed E-state index contributed by atoms with van der Waals surface area (Å²) in [6.45, 7) is 3.75. The van der Waals surface area contributed by atoms with Crippen LogP contribution in [0, 0.1) is 5.92 Å². The zero-order valence-electron chi connectivity index (χ0n) is 11.1. The second-order valence-electron chi connectivity index (χ2n) is 4.30. The van der Waals surface area contributed by atoms with Gasteiger partial charge in [0.25, 0.3) is 0 Å². The number of urea groups is 1. The Labute approximate surface area is 112 Å². The molecule has 19 heavy (non-hydrogen) atoms. The van der Waals surface area contributed by atoms with Gasteiger partial charge >= 0.3 is 12.0 Å². The number of carboxylic acid groups (broad SMARTS) is 1. The summed E-state index contributed by atoms with van der Waals surface area (Å²) in [6.07, 6.45) is 3.79. The molecule has 6 heteroatoms. The van der Waals surface area contributed by atoms with Crippen LogP contribution in [-0.2, 0) is 4.79 Å². The molecule has 1 aromatic rings. The fourth-order valence-electron chi connectivity index (χ4n) is 1.61. The molecule has 0 fully saturated rings. The number of carbonyl (C=O) groups is 2. The fourth-order valence-corrected chi connectivity index (χ4v) is 1.61. The van der Waals surface area contributed by atoms with E-state index in [4.69, 9.17) is 5.11 Å². The van der Waals surface area contributed by atoms with Gasteiger partial charge in [-0.15, -0.1) is 0 Å². The molecule has 0 aliphatic carbocycles. The van der Waals surface area contributed by atoms with Crippen molar-refractivity contribution in [1.29, 1.82) is 0 Å². The van der Waals surface area contributed by atoms with Crippen molar-refractivity contribution in [2.75, 3.05) is 6.54 Å². The van der Waals surface area contributed by atoms with Gasteiger partial charge < -0.3 is 15.7 Å². The lowest BCUT2D eigenvalue weighted by Crippen LogP contribution is -2.40. The minimum absolute atomic E-state index is 0.126. The Bertz CT molecular complexity index is 422. The van der Waals surface area contributed by atoms with E-state index in [1.807, 2.05) is 19.1 Å².